The zero-order valence-corrected chi connectivity index (χ0v) is 23.9. The highest BCUT2D eigenvalue weighted by molar-refractivity contribution is 6.02. The molecule has 1 fully saturated rings. The Hall–Kier alpha value is -5.45. The van der Waals surface area contributed by atoms with Crippen molar-refractivity contribution in [3.63, 3.8) is 0 Å². The Kier molecular flexibility index (Phi) is 9.34. The van der Waals surface area contributed by atoms with E-state index in [1.54, 1.807) is 24.3 Å². The third kappa shape index (κ3) is 7.12. The summed E-state index contributed by atoms with van der Waals surface area (Å²) in [6.45, 7) is 3.73. The monoisotopic (exact) mass is 596 g/mol. The number of fused-ring (bicyclic) bond motifs is 3. The molecule has 0 bridgehead atoms. The summed E-state index contributed by atoms with van der Waals surface area (Å²) in [5.41, 5.74) is 5.54. The van der Waals surface area contributed by atoms with E-state index in [1.165, 1.54) is 0 Å². The molecule has 1 atom stereocenters. The highest BCUT2D eigenvalue weighted by atomic mass is 16.7. The van der Waals surface area contributed by atoms with Crippen molar-refractivity contribution >= 4 is 29.8 Å². The first kappa shape index (κ1) is 30.0. The van der Waals surface area contributed by atoms with E-state index in [-0.39, 0.29) is 44.9 Å². The molecule has 5 rings (SSSR count). The molecule has 2 aliphatic rings. The van der Waals surface area contributed by atoms with Gasteiger partial charge in [-0.15, -0.1) is 5.06 Å². The van der Waals surface area contributed by atoms with Gasteiger partial charge in [0.25, 0.3) is 11.8 Å². The Labute approximate surface area is 254 Å². The second-order valence-corrected chi connectivity index (χ2v) is 10.4. The molecule has 0 unspecified atom stereocenters. The van der Waals surface area contributed by atoms with Gasteiger partial charge in [-0.3, -0.25) is 14.4 Å². The number of benzene rings is 3. The number of hydrogen-bond donors (Lipinski definition) is 3. The van der Waals surface area contributed by atoms with Crippen LogP contribution in [-0.2, 0) is 35.2 Å². The van der Waals surface area contributed by atoms with Gasteiger partial charge in [0.2, 0.25) is 5.91 Å². The predicted molar refractivity (Wildman–Crippen MR) is 159 cm³/mol. The number of nitrogens with one attached hydrogen (secondary N) is 3. The summed E-state index contributed by atoms with van der Waals surface area (Å²) in [4.78, 5) is 66.9. The van der Waals surface area contributed by atoms with Gasteiger partial charge < -0.3 is 25.5 Å². The van der Waals surface area contributed by atoms with E-state index in [4.69, 9.17) is 9.57 Å². The topological polar surface area (TPSA) is 143 Å². The van der Waals surface area contributed by atoms with Crippen LogP contribution in [0.4, 0.5) is 4.79 Å². The third-order valence-corrected chi connectivity index (χ3v) is 7.38. The maximum absolute atomic E-state index is 12.9. The van der Waals surface area contributed by atoms with Crippen LogP contribution in [0.2, 0.25) is 0 Å². The molecule has 3 aromatic rings. The number of nitrogens with zero attached hydrogens (tertiary/aromatic N) is 1. The number of carbonyl (C=O) groups excluding carboxylic acids is 5. The fraction of sp³-hybridized carbons (Fsp3) is 0.242. The van der Waals surface area contributed by atoms with Gasteiger partial charge in [0.1, 0.15) is 12.6 Å². The molecule has 1 aliphatic heterocycles. The second-order valence-electron chi connectivity index (χ2n) is 10.4. The quantitative estimate of drug-likeness (QED) is 0.271. The van der Waals surface area contributed by atoms with Gasteiger partial charge in [-0.1, -0.05) is 85.4 Å². The van der Waals surface area contributed by atoms with Crippen molar-refractivity contribution in [1.29, 1.82) is 0 Å². The van der Waals surface area contributed by atoms with Crippen LogP contribution in [0.25, 0.3) is 11.1 Å². The van der Waals surface area contributed by atoms with Gasteiger partial charge in [0, 0.05) is 30.9 Å². The lowest BCUT2D eigenvalue weighted by atomic mass is 9.98. The molecule has 0 spiro atoms. The van der Waals surface area contributed by atoms with Crippen LogP contribution in [-0.4, -0.2) is 60.6 Å². The van der Waals surface area contributed by atoms with Crippen LogP contribution in [0.1, 0.15) is 35.4 Å². The number of rotatable bonds is 12. The Balaban J connectivity index is 1.08. The number of carbonyl (C=O) groups is 5. The lowest BCUT2D eigenvalue weighted by Gasteiger charge is -2.21. The Morgan fingerprint density at radius 2 is 1.41 bits per heavy atom. The smallest absolute Gasteiger partial charge is 0.407 e. The van der Waals surface area contributed by atoms with Gasteiger partial charge in [-0.25, -0.2) is 9.59 Å². The standard InChI is InChI=1S/C33H32N4O7/c1-21(18-35-33(42)43-20-27-25-13-7-5-11-23(25)24-12-6-8-14-26(24)27)34-19-29(38)36-28(17-22-9-3-2-4-10-22)32(41)44-37-30(39)15-16-31(37)40/h2-14,27-28,34H,1,15-20H2,(H,35,42)(H,36,38)/t28-/m0/s1. The predicted octanol–water partition coefficient (Wildman–Crippen LogP) is 2.96. The summed E-state index contributed by atoms with van der Waals surface area (Å²) in [6, 6.07) is 23.8. The molecule has 0 saturated carbocycles. The zero-order valence-electron chi connectivity index (χ0n) is 23.9. The fourth-order valence-corrected chi connectivity index (χ4v) is 5.20. The normalized spacial score (nSPS) is 14.3. The summed E-state index contributed by atoms with van der Waals surface area (Å²) in [7, 11) is 0. The van der Waals surface area contributed by atoms with E-state index in [9.17, 15) is 24.0 Å². The number of hydrogen-bond acceptors (Lipinski definition) is 8. The largest absolute Gasteiger partial charge is 0.449 e. The third-order valence-electron chi connectivity index (χ3n) is 7.38. The first-order valence-corrected chi connectivity index (χ1v) is 14.2. The van der Waals surface area contributed by atoms with E-state index in [1.807, 2.05) is 42.5 Å². The maximum Gasteiger partial charge on any atom is 0.407 e. The molecule has 11 nitrogen and oxygen atoms in total. The van der Waals surface area contributed by atoms with E-state index >= 15 is 0 Å². The maximum atomic E-state index is 12.9. The molecule has 0 radical (unpaired) electrons. The van der Waals surface area contributed by atoms with Crippen LogP contribution in [0.15, 0.2) is 91.1 Å². The summed E-state index contributed by atoms with van der Waals surface area (Å²) in [6.07, 6.45) is -0.641. The van der Waals surface area contributed by atoms with E-state index in [0.717, 1.165) is 27.8 Å². The lowest BCUT2D eigenvalue weighted by molar-refractivity contribution is -0.199. The zero-order chi connectivity index (χ0) is 31.1. The van der Waals surface area contributed by atoms with Crippen molar-refractivity contribution in [2.45, 2.75) is 31.2 Å². The number of ether oxygens (including phenoxy) is 1. The summed E-state index contributed by atoms with van der Waals surface area (Å²) >= 11 is 0. The molecule has 1 saturated heterocycles. The van der Waals surface area contributed by atoms with Gasteiger partial charge in [0.05, 0.1) is 13.1 Å². The summed E-state index contributed by atoms with van der Waals surface area (Å²) in [5.74, 6) is -2.81. The highest BCUT2D eigenvalue weighted by Crippen LogP contribution is 2.44. The number of hydroxylamine groups is 2. The molecule has 44 heavy (non-hydrogen) atoms. The van der Waals surface area contributed by atoms with E-state index in [2.05, 4.69) is 34.7 Å². The lowest BCUT2D eigenvalue weighted by Crippen LogP contribution is -2.48. The molecular formula is C33H32N4O7. The average Bonchev–Trinajstić information content (AvgIpc) is 3.53. The average molecular weight is 597 g/mol. The van der Waals surface area contributed by atoms with Crippen molar-refractivity contribution in [2.24, 2.45) is 0 Å². The summed E-state index contributed by atoms with van der Waals surface area (Å²) in [5, 5.41) is 8.45. The molecule has 1 aliphatic carbocycles. The van der Waals surface area contributed by atoms with Crippen molar-refractivity contribution in [2.75, 3.05) is 19.7 Å². The number of amides is 4. The molecular weight excluding hydrogens is 564 g/mol. The van der Waals surface area contributed by atoms with Crippen molar-refractivity contribution in [1.82, 2.24) is 21.0 Å². The van der Waals surface area contributed by atoms with Crippen LogP contribution in [0, 0.1) is 0 Å². The van der Waals surface area contributed by atoms with E-state index < -0.39 is 35.8 Å². The van der Waals surface area contributed by atoms with Crippen LogP contribution < -0.4 is 16.0 Å². The molecule has 1 heterocycles. The number of alkyl carbamates (subject to hydrolysis) is 1. The minimum absolute atomic E-state index is 0.00137. The van der Waals surface area contributed by atoms with Crippen LogP contribution in [0.5, 0.6) is 0 Å². The molecule has 4 amide bonds. The van der Waals surface area contributed by atoms with E-state index in [0.29, 0.717) is 10.8 Å². The minimum Gasteiger partial charge on any atom is -0.449 e. The Bertz CT molecular complexity index is 1530. The first-order chi connectivity index (χ1) is 21.3. The van der Waals surface area contributed by atoms with Gasteiger partial charge in [-0.05, 0) is 27.8 Å². The minimum atomic E-state index is -1.17. The molecule has 0 aromatic heterocycles. The van der Waals surface area contributed by atoms with Gasteiger partial charge >= 0.3 is 12.1 Å². The SMILES string of the molecule is C=C(CNC(=O)OCC1c2ccccc2-c2ccccc21)NCC(=O)N[C@@H](Cc1ccccc1)C(=O)ON1C(=O)CCC1=O. The molecule has 3 aromatic carbocycles. The fourth-order valence-electron chi connectivity index (χ4n) is 5.20. The summed E-state index contributed by atoms with van der Waals surface area (Å²) < 4.78 is 5.52. The van der Waals surface area contributed by atoms with Crippen LogP contribution in [0.3, 0.4) is 0 Å². The van der Waals surface area contributed by atoms with Crippen molar-refractivity contribution in [3.05, 3.63) is 108 Å². The molecule has 226 valence electrons. The van der Waals surface area contributed by atoms with Crippen molar-refractivity contribution < 1.29 is 33.5 Å². The highest BCUT2D eigenvalue weighted by Gasteiger charge is 2.35. The second kappa shape index (κ2) is 13.7. The molecule has 3 N–H and O–H groups in total. The Morgan fingerprint density at radius 3 is 2.05 bits per heavy atom. The number of imide groups is 1. The van der Waals surface area contributed by atoms with Gasteiger partial charge in [-0.2, -0.15) is 0 Å². The molecule has 11 heteroatoms. The van der Waals surface area contributed by atoms with Crippen LogP contribution >= 0.6 is 0 Å². The first-order valence-electron chi connectivity index (χ1n) is 14.2. The van der Waals surface area contributed by atoms with Crippen molar-refractivity contribution in [3.8, 4) is 11.1 Å². The Morgan fingerprint density at radius 1 is 0.818 bits per heavy atom. The van der Waals surface area contributed by atoms with Gasteiger partial charge in [0.15, 0.2) is 0 Å².